The second kappa shape index (κ2) is 5.62. The zero-order chi connectivity index (χ0) is 15.7. The Hall–Kier alpha value is -1.26. The van der Waals surface area contributed by atoms with Crippen LogP contribution in [0.15, 0.2) is 0 Å². The van der Waals surface area contributed by atoms with Crippen molar-refractivity contribution in [1.29, 1.82) is 0 Å². The molecule has 5 nitrogen and oxygen atoms in total. The molecule has 1 fully saturated rings. The number of carbonyl (C=O) groups excluding carboxylic acids is 1. The van der Waals surface area contributed by atoms with Crippen LogP contribution >= 0.6 is 0 Å². The molecule has 0 bridgehead atoms. The van der Waals surface area contributed by atoms with E-state index in [1.165, 1.54) is 4.90 Å². The molecule has 0 spiro atoms. The molecule has 20 heavy (non-hydrogen) atoms. The van der Waals surface area contributed by atoms with E-state index in [1.54, 1.807) is 20.8 Å². The standard InChI is InChI=1S/C15H27NO4/c1-14(2,3)10-8-7-9-16(11(10)12(17)18)13(19)20-15(4,5)6/h10-11H,7-9H2,1-6H3,(H,17,18)/t10-,11+/m0/s1. The number of hydrogen-bond donors (Lipinski definition) is 1. The van der Waals surface area contributed by atoms with Crippen LogP contribution in [0.2, 0.25) is 0 Å². The van der Waals surface area contributed by atoms with E-state index in [0.29, 0.717) is 6.54 Å². The topological polar surface area (TPSA) is 66.8 Å². The summed E-state index contributed by atoms with van der Waals surface area (Å²) in [6.07, 6.45) is 1.10. The van der Waals surface area contributed by atoms with Crippen molar-refractivity contribution in [2.75, 3.05) is 6.54 Å². The van der Waals surface area contributed by atoms with Gasteiger partial charge in [-0.2, -0.15) is 0 Å². The molecule has 1 heterocycles. The normalized spacial score (nSPS) is 24.4. The van der Waals surface area contributed by atoms with E-state index in [2.05, 4.69) is 0 Å². The Bertz CT molecular complexity index is 378. The Balaban J connectivity index is 2.99. The number of nitrogens with zero attached hydrogens (tertiary/aromatic N) is 1. The summed E-state index contributed by atoms with van der Waals surface area (Å²) in [5.74, 6) is -1.02. The highest BCUT2D eigenvalue weighted by Gasteiger charge is 2.45. The fourth-order valence-electron chi connectivity index (χ4n) is 2.73. The van der Waals surface area contributed by atoms with Gasteiger partial charge in [0.1, 0.15) is 11.6 Å². The third-order valence-corrected chi connectivity index (χ3v) is 3.62. The monoisotopic (exact) mass is 285 g/mol. The van der Waals surface area contributed by atoms with Crippen LogP contribution in [0, 0.1) is 11.3 Å². The van der Waals surface area contributed by atoms with Gasteiger partial charge in [-0.15, -0.1) is 0 Å². The number of rotatable bonds is 1. The lowest BCUT2D eigenvalue weighted by atomic mass is 9.71. The lowest BCUT2D eigenvalue weighted by Crippen LogP contribution is -2.56. The van der Waals surface area contributed by atoms with Crippen LogP contribution in [0.25, 0.3) is 0 Å². The van der Waals surface area contributed by atoms with Crippen molar-refractivity contribution in [2.24, 2.45) is 11.3 Å². The summed E-state index contributed by atoms with van der Waals surface area (Å²) in [6.45, 7) is 11.9. The zero-order valence-electron chi connectivity index (χ0n) is 13.4. The molecule has 0 aromatic heterocycles. The van der Waals surface area contributed by atoms with Gasteiger partial charge in [-0.1, -0.05) is 20.8 Å². The van der Waals surface area contributed by atoms with Crippen LogP contribution < -0.4 is 0 Å². The minimum absolute atomic E-state index is 0.0683. The molecule has 116 valence electrons. The van der Waals surface area contributed by atoms with Gasteiger partial charge in [-0.05, 0) is 44.9 Å². The van der Waals surface area contributed by atoms with Gasteiger partial charge >= 0.3 is 12.1 Å². The van der Waals surface area contributed by atoms with E-state index >= 15 is 0 Å². The molecule has 0 saturated carbocycles. The number of amides is 1. The molecule has 1 saturated heterocycles. The van der Waals surface area contributed by atoms with Gasteiger partial charge in [0.2, 0.25) is 0 Å². The van der Waals surface area contributed by atoms with Crippen molar-refractivity contribution in [3.8, 4) is 0 Å². The quantitative estimate of drug-likeness (QED) is 0.803. The number of piperidine rings is 1. The maximum Gasteiger partial charge on any atom is 0.411 e. The molecular weight excluding hydrogens is 258 g/mol. The third-order valence-electron chi connectivity index (χ3n) is 3.62. The Morgan fingerprint density at radius 1 is 1.15 bits per heavy atom. The summed E-state index contributed by atoms with van der Waals surface area (Å²) >= 11 is 0. The van der Waals surface area contributed by atoms with Crippen molar-refractivity contribution in [3.05, 3.63) is 0 Å². The van der Waals surface area contributed by atoms with E-state index in [1.807, 2.05) is 20.8 Å². The SMILES string of the molecule is CC(C)(C)OC(=O)N1CCC[C@H](C(C)(C)C)[C@@H]1C(=O)O. The predicted molar refractivity (Wildman–Crippen MR) is 76.5 cm³/mol. The molecule has 0 unspecified atom stereocenters. The van der Waals surface area contributed by atoms with E-state index in [0.717, 1.165) is 12.8 Å². The summed E-state index contributed by atoms with van der Waals surface area (Å²) in [5.41, 5.74) is -0.779. The number of carboxylic acid groups (broad SMARTS) is 1. The minimum atomic E-state index is -0.949. The second-order valence-electron chi connectivity index (χ2n) is 7.57. The van der Waals surface area contributed by atoms with Crippen molar-refractivity contribution >= 4 is 12.1 Å². The van der Waals surface area contributed by atoms with Crippen LogP contribution in [0.3, 0.4) is 0 Å². The molecule has 0 aromatic rings. The largest absolute Gasteiger partial charge is 0.480 e. The second-order valence-corrected chi connectivity index (χ2v) is 7.57. The molecule has 1 aliphatic rings. The third kappa shape index (κ3) is 4.12. The highest BCUT2D eigenvalue weighted by atomic mass is 16.6. The van der Waals surface area contributed by atoms with E-state index in [9.17, 15) is 14.7 Å². The zero-order valence-corrected chi connectivity index (χ0v) is 13.4. The Kier molecular flexibility index (Phi) is 4.72. The van der Waals surface area contributed by atoms with Crippen LogP contribution in [-0.2, 0) is 9.53 Å². The maximum atomic E-state index is 12.2. The first-order valence-corrected chi connectivity index (χ1v) is 7.16. The number of carboxylic acids is 1. The van der Waals surface area contributed by atoms with Crippen LogP contribution in [-0.4, -0.2) is 40.3 Å². The minimum Gasteiger partial charge on any atom is -0.480 e. The predicted octanol–water partition coefficient (Wildman–Crippen LogP) is 3.13. The van der Waals surface area contributed by atoms with E-state index < -0.39 is 23.7 Å². The molecule has 1 amide bonds. The molecule has 0 radical (unpaired) electrons. The highest BCUT2D eigenvalue weighted by molar-refractivity contribution is 5.81. The molecule has 1 aliphatic heterocycles. The summed E-state index contributed by atoms with van der Waals surface area (Å²) in [4.78, 5) is 25.3. The van der Waals surface area contributed by atoms with Crippen LogP contribution in [0.5, 0.6) is 0 Å². The van der Waals surface area contributed by atoms with E-state index in [4.69, 9.17) is 4.74 Å². The first-order chi connectivity index (χ1) is 8.93. The van der Waals surface area contributed by atoms with Gasteiger partial charge in [0.05, 0.1) is 0 Å². The number of hydrogen-bond acceptors (Lipinski definition) is 3. The van der Waals surface area contributed by atoms with Crippen molar-refractivity contribution < 1.29 is 19.4 Å². The Morgan fingerprint density at radius 3 is 2.10 bits per heavy atom. The van der Waals surface area contributed by atoms with Crippen molar-refractivity contribution in [1.82, 2.24) is 4.90 Å². The number of aliphatic carboxylic acids is 1. The summed E-state index contributed by atoms with van der Waals surface area (Å²) in [6, 6.07) is -0.807. The number of carbonyl (C=O) groups is 2. The molecular formula is C15H27NO4. The van der Waals surface area contributed by atoms with Crippen LogP contribution in [0.4, 0.5) is 4.79 Å². The fourth-order valence-corrected chi connectivity index (χ4v) is 2.73. The maximum absolute atomic E-state index is 12.2. The first-order valence-electron chi connectivity index (χ1n) is 7.16. The highest BCUT2D eigenvalue weighted by Crippen LogP contribution is 2.38. The average molecular weight is 285 g/mol. The van der Waals surface area contributed by atoms with Gasteiger partial charge in [0, 0.05) is 6.54 Å². The molecule has 1 N–H and O–H groups in total. The van der Waals surface area contributed by atoms with Gasteiger partial charge < -0.3 is 9.84 Å². The fraction of sp³-hybridized carbons (Fsp3) is 0.867. The molecule has 0 aromatic carbocycles. The lowest BCUT2D eigenvalue weighted by molar-refractivity contribution is -0.149. The molecule has 0 aliphatic carbocycles. The smallest absolute Gasteiger partial charge is 0.411 e. The lowest BCUT2D eigenvalue weighted by Gasteiger charge is -2.44. The summed E-state index contributed by atoms with van der Waals surface area (Å²) < 4.78 is 5.34. The molecule has 2 atom stereocenters. The number of likely N-dealkylation sites (tertiary alicyclic amines) is 1. The van der Waals surface area contributed by atoms with Gasteiger partial charge in [-0.3, -0.25) is 4.90 Å². The van der Waals surface area contributed by atoms with Crippen molar-refractivity contribution in [3.63, 3.8) is 0 Å². The van der Waals surface area contributed by atoms with E-state index in [-0.39, 0.29) is 11.3 Å². The number of ether oxygens (including phenoxy) is 1. The van der Waals surface area contributed by atoms with Gasteiger partial charge in [0.15, 0.2) is 0 Å². The van der Waals surface area contributed by atoms with Gasteiger partial charge in [0.25, 0.3) is 0 Å². The van der Waals surface area contributed by atoms with Crippen LogP contribution in [0.1, 0.15) is 54.4 Å². The molecule has 5 heteroatoms. The average Bonchev–Trinajstić information content (AvgIpc) is 2.24. The Labute approximate surface area is 121 Å². The first kappa shape index (κ1) is 16.8. The summed E-state index contributed by atoms with van der Waals surface area (Å²) in [7, 11) is 0. The van der Waals surface area contributed by atoms with Crippen molar-refractivity contribution in [2.45, 2.75) is 66.0 Å². The summed E-state index contributed by atoms with van der Waals surface area (Å²) in [5, 5.41) is 9.54. The molecule has 1 rings (SSSR count). The Morgan fingerprint density at radius 2 is 1.70 bits per heavy atom. The van der Waals surface area contributed by atoms with Gasteiger partial charge in [-0.25, -0.2) is 9.59 Å².